The Morgan fingerprint density at radius 1 is 1.29 bits per heavy atom. The van der Waals surface area contributed by atoms with E-state index in [0.29, 0.717) is 11.7 Å². The molecule has 94 valence electrons. The van der Waals surface area contributed by atoms with Crippen LogP contribution in [0.25, 0.3) is 0 Å². The fraction of sp³-hybridized carbons (Fsp3) is 0.500. The molecule has 0 aromatic heterocycles. The highest BCUT2D eigenvalue weighted by Crippen LogP contribution is 2.22. The van der Waals surface area contributed by atoms with Crippen LogP contribution in [0.15, 0.2) is 29.2 Å². The van der Waals surface area contributed by atoms with Gasteiger partial charge in [-0.05, 0) is 24.1 Å². The lowest BCUT2D eigenvalue weighted by Gasteiger charge is -2.06. The zero-order valence-corrected chi connectivity index (χ0v) is 11.6. The zero-order valence-electron chi connectivity index (χ0n) is 10.8. The Bertz CT molecular complexity index is 346. The van der Waals surface area contributed by atoms with Gasteiger partial charge in [0.1, 0.15) is 0 Å². The first-order valence-corrected chi connectivity index (χ1v) is 7.02. The summed E-state index contributed by atoms with van der Waals surface area (Å²) in [6, 6.07) is 8.26. The van der Waals surface area contributed by atoms with E-state index >= 15 is 0 Å². The highest BCUT2D eigenvalue weighted by Gasteiger charge is 2.03. The number of carbonyl (C=O) groups is 1. The molecule has 0 unspecified atom stereocenters. The van der Waals surface area contributed by atoms with Gasteiger partial charge in [-0.2, -0.15) is 0 Å². The van der Waals surface area contributed by atoms with Crippen molar-refractivity contribution < 1.29 is 4.79 Å². The molecule has 0 aliphatic carbocycles. The van der Waals surface area contributed by atoms with E-state index in [1.165, 1.54) is 4.90 Å². The van der Waals surface area contributed by atoms with Gasteiger partial charge in [-0.1, -0.05) is 32.9 Å². The molecule has 0 saturated carbocycles. The summed E-state index contributed by atoms with van der Waals surface area (Å²) in [6.07, 6.45) is 1.46. The van der Waals surface area contributed by atoms with E-state index in [-0.39, 0.29) is 5.91 Å². The minimum Gasteiger partial charge on any atom is -0.356 e. The topological polar surface area (TPSA) is 29.1 Å². The molecule has 0 heterocycles. The largest absolute Gasteiger partial charge is 0.356 e. The highest BCUT2D eigenvalue weighted by atomic mass is 32.2. The smallest absolute Gasteiger partial charge is 0.224 e. The van der Waals surface area contributed by atoms with Crippen LogP contribution in [0.5, 0.6) is 0 Å². The second-order valence-corrected chi connectivity index (χ2v) is 5.99. The van der Waals surface area contributed by atoms with Gasteiger partial charge in [-0.25, -0.2) is 0 Å². The van der Waals surface area contributed by atoms with Crippen LogP contribution in [0.2, 0.25) is 0 Å². The molecule has 1 rings (SSSR count). The Balaban J connectivity index is 2.47. The van der Waals surface area contributed by atoms with E-state index in [0.717, 1.165) is 18.5 Å². The predicted octanol–water partition coefficient (Wildman–Crippen LogP) is 3.26. The van der Waals surface area contributed by atoms with Crippen molar-refractivity contribution in [3.8, 4) is 0 Å². The fourth-order valence-corrected chi connectivity index (χ4v) is 2.31. The van der Waals surface area contributed by atoms with Crippen LogP contribution in [0.1, 0.15) is 32.8 Å². The maximum Gasteiger partial charge on any atom is 0.224 e. The first-order valence-electron chi connectivity index (χ1n) is 6.14. The molecule has 1 aromatic carbocycles. The molecular formula is C14H21NOS. The Morgan fingerprint density at radius 2 is 1.94 bits per heavy atom. The molecule has 0 atom stereocenters. The van der Waals surface area contributed by atoms with Gasteiger partial charge in [0.2, 0.25) is 5.91 Å². The maximum atomic E-state index is 11.5. The molecule has 17 heavy (non-hydrogen) atoms. The van der Waals surface area contributed by atoms with E-state index in [9.17, 15) is 4.79 Å². The average molecular weight is 251 g/mol. The molecule has 0 fully saturated rings. The summed E-state index contributed by atoms with van der Waals surface area (Å²) < 4.78 is 0. The van der Waals surface area contributed by atoms with E-state index in [1.807, 2.05) is 23.9 Å². The first-order chi connectivity index (χ1) is 8.11. The molecule has 2 nitrogen and oxygen atoms in total. The molecule has 1 amide bonds. The summed E-state index contributed by atoms with van der Waals surface area (Å²) in [4.78, 5) is 12.8. The summed E-state index contributed by atoms with van der Waals surface area (Å²) in [5.74, 6) is 0.108. The standard InChI is InChI=1S/C14H21NOS/c1-4-9-15-14(16)10-12-5-7-13(8-6-12)17-11(2)3/h5-8,11H,4,9-10H2,1-3H3,(H,15,16). The molecule has 0 spiro atoms. The molecule has 0 aliphatic heterocycles. The Labute approximate surface area is 108 Å². The summed E-state index contributed by atoms with van der Waals surface area (Å²) >= 11 is 1.84. The quantitative estimate of drug-likeness (QED) is 0.786. The summed E-state index contributed by atoms with van der Waals surface area (Å²) in [5.41, 5.74) is 1.08. The van der Waals surface area contributed by atoms with Crippen LogP contribution >= 0.6 is 11.8 Å². The lowest BCUT2D eigenvalue weighted by atomic mass is 10.1. The van der Waals surface area contributed by atoms with Crippen molar-refractivity contribution in [3.05, 3.63) is 29.8 Å². The SMILES string of the molecule is CCCNC(=O)Cc1ccc(SC(C)C)cc1. The van der Waals surface area contributed by atoms with Gasteiger partial charge >= 0.3 is 0 Å². The van der Waals surface area contributed by atoms with Gasteiger partial charge in [0, 0.05) is 16.7 Å². The Hall–Kier alpha value is -0.960. The van der Waals surface area contributed by atoms with Crippen LogP contribution in [0, 0.1) is 0 Å². The second-order valence-electron chi connectivity index (χ2n) is 4.34. The van der Waals surface area contributed by atoms with Crippen LogP contribution in [-0.2, 0) is 11.2 Å². The first kappa shape index (κ1) is 14.1. The summed E-state index contributed by atoms with van der Waals surface area (Å²) in [7, 11) is 0. The van der Waals surface area contributed by atoms with Crippen molar-refractivity contribution in [2.75, 3.05) is 6.54 Å². The average Bonchev–Trinajstić information content (AvgIpc) is 2.28. The molecule has 0 radical (unpaired) electrons. The minimum atomic E-state index is 0.108. The zero-order chi connectivity index (χ0) is 12.7. The number of carbonyl (C=O) groups excluding carboxylic acids is 1. The minimum absolute atomic E-state index is 0.108. The maximum absolute atomic E-state index is 11.5. The van der Waals surface area contributed by atoms with Crippen molar-refractivity contribution in [3.63, 3.8) is 0 Å². The number of thioether (sulfide) groups is 1. The Kier molecular flexibility index (Phi) is 6.12. The van der Waals surface area contributed by atoms with Gasteiger partial charge in [0.25, 0.3) is 0 Å². The van der Waals surface area contributed by atoms with E-state index < -0.39 is 0 Å². The number of benzene rings is 1. The van der Waals surface area contributed by atoms with Crippen molar-refractivity contribution in [1.29, 1.82) is 0 Å². The molecule has 1 aromatic rings. The van der Waals surface area contributed by atoms with Crippen molar-refractivity contribution >= 4 is 17.7 Å². The van der Waals surface area contributed by atoms with Gasteiger partial charge in [0.15, 0.2) is 0 Å². The van der Waals surface area contributed by atoms with Gasteiger partial charge in [-0.15, -0.1) is 11.8 Å². The fourth-order valence-electron chi connectivity index (χ4n) is 1.47. The number of hydrogen-bond acceptors (Lipinski definition) is 2. The van der Waals surface area contributed by atoms with Crippen LogP contribution in [0.3, 0.4) is 0 Å². The molecule has 0 aliphatic rings. The van der Waals surface area contributed by atoms with E-state index in [1.54, 1.807) is 0 Å². The van der Waals surface area contributed by atoms with Crippen LogP contribution in [0.4, 0.5) is 0 Å². The Morgan fingerprint density at radius 3 is 2.47 bits per heavy atom. The number of hydrogen-bond donors (Lipinski definition) is 1. The van der Waals surface area contributed by atoms with E-state index in [2.05, 4.69) is 38.2 Å². The van der Waals surface area contributed by atoms with Crippen LogP contribution in [-0.4, -0.2) is 17.7 Å². The molecule has 0 bridgehead atoms. The molecular weight excluding hydrogens is 230 g/mol. The number of amides is 1. The third-order valence-electron chi connectivity index (χ3n) is 2.23. The predicted molar refractivity (Wildman–Crippen MR) is 74.4 cm³/mol. The van der Waals surface area contributed by atoms with Crippen molar-refractivity contribution in [2.24, 2.45) is 0 Å². The molecule has 3 heteroatoms. The summed E-state index contributed by atoms with van der Waals surface area (Å²) in [5, 5.41) is 3.47. The normalized spacial score (nSPS) is 10.6. The second kappa shape index (κ2) is 7.38. The van der Waals surface area contributed by atoms with Gasteiger partial charge in [0.05, 0.1) is 6.42 Å². The lowest BCUT2D eigenvalue weighted by molar-refractivity contribution is -0.120. The van der Waals surface area contributed by atoms with Crippen molar-refractivity contribution in [1.82, 2.24) is 5.32 Å². The molecule has 0 saturated heterocycles. The van der Waals surface area contributed by atoms with Gasteiger partial charge in [-0.3, -0.25) is 4.79 Å². The third kappa shape index (κ3) is 5.78. The third-order valence-corrected chi connectivity index (χ3v) is 3.25. The lowest BCUT2D eigenvalue weighted by Crippen LogP contribution is -2.25. The van der Waals surface area contributed by atoms with Crippen molar-refractivity contribution in [2.45, 2.75) is 43.8 Å². The van der Waals surface area contributed by atoms with E-state index in [4.69, 9.17) is 0 Å². The van der Waals surface area contributed by atoms with Crippen LogP contribution < -0.4 is 5.32 Å². The monoisotopic (exact) mass is 251 g/mol. The summed E-state index contributed by atoms with van der Waals surface area (Å²) in [6.45, 7) is 7.17. The molecule has 1 N–H and O–H groups in total. The highest BCUT2D eigenvalue weighted by molar-refractivity contribution is 7.99. The number of rotatable bonds is 6. The number of nitrogens with one attached hydrogen (secondary N) is 1. The van der Waals surface area contributed by atoms with Gasteiger partial charge < -0.3 is 5.32 Å².